The van der Waals surface area contributed by atoms with Crippen molar-refractivity contribution in [2.45, 2.75) is 24.9 Å². The Hall–Kier alpha value is -3.17. The number of aliphatic hydroxyl groups is 1. The van der Waals surface area contributed by atoms with Crippen molar-refractivity contribution in [3.05, 3.63) is 71.6 Å². The number of amides is 2. The molecule has 1 saturated heterocycles. The van der Waals surface area contributed by atoms with Gasteiger partial charge in [0.25, 0.3) is 0 Å². The molecule has 2 N–H and O–H groups in total. The van der Waals surface area contributed by atoms with Gasteiger partial charge in [0.1, 0.15) is 11.9 Å². The molecule has 0 unspecified atom stereocenters. The highest BCUT2D eigenvalue weighted by molar-refractivity contribution is 5.91. The molecule has 3 atom stereocenters. The Kier molecular flexibility index (Phi) is 5.53. The number of anilines is 1. The molecule has 3 rings (SSSR count). The van der Waals surface area contributed by atoms with Gasteiger partial charge in [-0.3, -0.25) is 0 Å². The Morgan fingerprint density at radius 3 is 2.67 bits per heavy atom. The van der Waals surface area contributed by atoms with Crippen molar-refractivity contribution >= 4 is 17.8 Å². The van der Waals surface area contributed by atoms with Crippen LogP contribution in [0.4, 0.5) is 14.9 Å². The Labute approximate surface area is 157 Å². The molecule has 2 aromatic carbocycles. The number of hydrogen-bond donors (Lipinski definition) is 2. The number of nitrogens with zero attached hydrogens (tertiary/aromatic N) is 2. The van der Waals surface area contributed by atoms with Gasteiger partial charge in [-0.25, -0.2) is 9.18 Å². The number of benzene rings is 2. The van der Waals surface area contributed by atoms with E-state index in [0.29, 0.717) is 0 Å². The lowest BCUT2D eigenvalue weighted by Crippen LogP contribution is -2.66. The molecule has 0 radical (unpaired) electrons. The molecule has 138 valence electrons. The van der Waals surface area contributed by atoms with E-state index in [-0.39, 0.29) is 18.2 Å². The Morgan fingerprint density at radius 2 is 2.00 bits per heavy atom. The Balaban J connectivity index is 1.88. The summed E-state index contributed by atoms with van der Waals surface area (Å²) in [4.78, 5) is 13.9. The number of carbonyl (C=O) groups is 1. The van der Waals surface area contributed by atoms with E-state index in [4.69, 9.17) is 0 Å². The molecule has 0 aliphatic carbocycles. The average Bonchev–Trinajstić information content (AvgIpc) is 2.65. The van der Waals surface area contributed by atoms with Crippen LogP contribution in [0.2, 0.25) is 0 Å². The van der Waals surface area contributed by atoms with E-state index in [1.165, 1.54) is 23.1 Å². The second-order valence-electron chi connectivity index (χ2n) is 6.30. The first kappa shape index (κ1) is 18.6. The fourth-order valence-electron chi connectivity index (χ4n) is 3.55. The van der Waals surface area contributed by atoms with E-state index < -0.39 is 23.9 Å². The van der Waals surface area contributed by atoms with Gasteiger partial charge in [-0.2, -0.15) is 5.26 Å². The highest BCUT2D eigenvalue weighted by Gasteiger charge is 2.52. The number of halogens is 1. The van der Waals surface area contributed by atoms with Crippen molar-refractivity contribution in [1.82, 2.24) is 4.90 Å². The standard InChI is InChI=1S/C21H20FN3O2/c1-2-7-14-8-3-4-9-15(14)20-18(12-23)25(19(20)13-26)21(27)24-17-11-6-5-10-16(17)22/h2-11,18-20,26H,13H2,1H3,(H,24,27)/b7-2+/t18-,19+,20+/m0/s1. The maximum Gasteiger partial charge on any atom is 0.323 e. The van der Waals surface area contributed by atoms with E-state index >= 15 is 0 Å². The van der Waals surface area contributed by atoms with Crippen LogP contribution in [0.3, 0.4) is 0 Å². The molecular formula is C21H20FN3O2. The molecule has 6 heteroatoms. The van der Waals surface area contributed by atoms with Crippen LogP contribution in [-0.2, 0) is 0 Å². The largest absolute Gasteiger partial charge is 0.394 e. The number of aliphatic hydroxyl groups excluding tert-OH is 1. The second-order valence-corrected chi connectivity index (χ2v) is 6.30. The molecule has 1 heterocycles. The summed E-state index contributed by atoms with van der Waals surface area (Å²) in [5.41, 5.74) is 1.88. The molecule has 5 nitrogen and oxygen atoms in total. The molecule has 1 aliphatic rings. The number of hydrogen-bond acceptors (Lipinski definition) is 3. The zero-order valence-corrected chi connectivity index (χ0v) is 14.8. The van der Waals surface area contributed by atoms with Gasteiger partial charge in [0, 0.05) is 5.92 Å². The van der Waals surface area contributed by atoms with Crippen LogP contribution in [0.5, 0.6) is 0 Å². The third-order valence-electron chi connectivity index (χ3n) is 4.78. The van der Waals surface area contributed by atoms with Crippen LogP contribution in [0, 0.1) is 17.1 Å². The first-order valence-corrected chi connectivity index (χ1v) is 8.68. The lowest BCUT2D eigenvalue weighted by atomic mass is 9.74. The normalized spacial score (nSPS) is 21.6. The summed E-state index contributed by atoms with van der Waals surface area (Å²) in [7, 11) is 0. The summed E-state index contributed by atoms with van der Waals surface area (Å²) in [5.74, 6) is -0.880. The maximum absolute atomic E-state index is 13.8. The van der Waals surface area contributed by atoms with E-state index in [0.717, 1.165) is 11.1 Å². The zero-order chi connectivity index (χ0) is 19.4. The van der Waals surface area contributed by atoms with Gasteiger partial charge in [-0.1, -0.05) is 48.6 Å². The number of urea groups is 1. The summed E-state index contributed by atoms with van der Waals surface area (Å²) in [6, 6.07) is 13.7. The number of nitrogens with one attached hydrogen (secondary N) is 1. The third-order valence-corrected chi connectivity index (χ3v) is 4.78. The van der Waals surface area contributed by atoms with Gasteiger partial charge in [0.2, 0.25) is 0 Å². The van der Waals surface area contributed by atoms with Crippen molar-refractivity contribution in [3.8, 4) is 6.07 Å². The number of allylic oxidation sites excluding steroid dienone is 1. The quantitative estimate of drug-likeness (QED) is 0.866. The van der Waals surface area contributed by atoms with Gasteiger partial charge in [-0.15, -0.1) is 0 Å². The predicted molar refractivity (Wildman–Crippen MR) is 101 cm³/mol. The molecular weight excluding hydrogens is 345 g/mol. The number of nitriles is 1. The fraction of sp³-hybridized carbons (Fsp3) is 0.238. The zero-order valence-electron chi connectivity index (χ0n) is 14.8. The summed E-state index contributed by atoms with van der Waals surface area (Å²) in [5, 5.41) is 22.0. The molecule has 27 heavy (non-hydrogen) atoms. The van der Waals surface area contributed by atoms with E-state index in [1.807, 2.05) is 43.3 Å². The number of rotatable bonds is 4. The Morgan fingerprint density at radius 1 is 1.30 bits per heavy atom. The minimum absolute atomic E-state index is 0.0358. The van der Waals surface area contributed by atoms with Crippen molar-refractivity contribution in [2.75, 3.05) is 11.9 Å². The monoisotopic (exact) mass is 365 g/mol. The van der Waals surface area contributed by atoms with Crippen LogP contribution in [-0.4, -0.2) is 34.7 Å². The number of carbonyl (C=O) groups excluding carboxylic acids is 1. The summed E-state index contributed by atoms with van der Waals surface area (Å²) in [6.07, 6.45) is 3.83. The van der Waals surface area contributed by atoms with Crippen molar-refractivity contribution < 1.29 is 14.3 Å². The lowest BCUT2D eigenvalue weighted by Gasteiger charge is -2.51. The molecule has 2 amide bonds. The summed E-state index contributed by atoms with van der Waals surface area (Å²) in [6.45, 7) is 1.61. The molecule has 1 fully saturated rings. The SMILES string of the molecule is C/C=C/c1ccccc1[C@H]1[C@@H](CO)N(C(=O)Nc2ccccc2F)[C@H]1C#N. The van der Waals surface area contributed by atoms with Crippen LogP contribution in [0.15, 0.2) is 54.6 Å². The highest BCUT2D eigenvalue weighted by atomic mass is 19.1. The second kappa shape index (κ2) is 8.02. The lowest BCUT2D eigenvalue weighted by molar-refractivity contribution is 0.0223. The molecule has 0 aromatic heterocycles. The minimum Gasteiger partial charge on any atom is -0.394 e. The summed E-state index contributed by atoms with van der Waals surface area (Å²) < 4.78 is 13.8. The smallest absolute Gasteiger partial charge is 0.323 e. The maximum atomic E-state index is 13.8. The molecule has 0 bridgehead atoms. The van der Waals surface area contributed by atoms with E-state index in [9.17, 15) is 19.6 Å². The topological polar surface area (TPSA) is 76.4 Å². The van der Waals surface area contributed by atoms with E-state index in [1.54, 1.807) is 6.07 Å². The van der Waals surface area contributed by atoms with Crippen LogP contribution < -0.4 is 5.32 Å². The number of likely N-dealkylation sites (tertiary alicyclic amines) is 1. The fourth-order valence-corrected chi connectivity index (χ4v) is 3.55. The molecule has 1 aliphatic heterocycles. The molecule has 0 saturated carbocycles. The first-order valence-electron chi connectivity index (χ1n) is 8.68. The van der Waals surface area contributed by atoms with E-state index in [2.05, 4.69) is 11.4 Å². The Bertz CT molecular complexity index is 906. The van der Waals surface area contributed by atoms with Crippen molar-refractivity contribution in [2.24, 2.45) is 0 Å². The number of para-hydroxylation sites is 1. The third kappa shape index (κ3) is 3.42. The van der Waals surface area contributed by atoms with Gasteiger partial charge < -0.3 is 15.3 Å². The van der Waals surface area contributed by atoms with Gasteiger partial charge in [0.05, 0.1) is 24.4 Å². The van der Waals surface area contributed by atoms with Crippen LogP contribution in [0.1, 0.15) is 24.0 Å². The molecule has 2 aromatic rings. The highest BCUT2D eigenvalue weighted by Crippen LogP contribution is 2.42. The van der Waals surface area contributed by atoms with Crippen molar-refractivity contribution in [3.63, 3.8) is 0 Å². The average molecular weight is 365 g/mol. The van der Waals surface area contributed by atoms with Crippen LogP contribution >= 0.6 is 0 Å². The van der Waals surface area contributed by atoms with Gasteiger partial charge in [0.15, 0.2) is 0 Å². The molecule has 0 spiro atoms. The van der Waals surface area contributed by atoms with Gasteiger partial charge >= 0.3 is 6.03 Å². The first-order chi connectivity index (χ1) is 13.1. The predicted octanol–water partition coefficient (Wildman–Crippen LogP) is 3.74. The summed E-state index contributed by atoms with van der Waals surface area (Å²) >= 11 is 0. The van der Waals surface area contributed by atoms with Gasteiger partial charge in [-0.05, 0) is 30.2 Å². The van der Waals surface area contributed by atoms with Crippen LogP contribution in [0.25, 0.3) is 6.08 Å². The van der Waals surface area contributed by atoms with Crippen molar-refractivity contribution in [1.29, 1.82) is 5.26 Å². The minimum atomic E-state index is -0.750.